The molecule has 0 saturated carbocycles. The highest BCUT2D eigenvalue weighted by atomic mass is 16.5. The minimum Gasteiger partial charge on any atom is -0.378 e. The van der Waals surface area contributed by atoms with E-state index < -0.39 is 17.4 Å². The molecule has 1 rings (SSSR count). The van der Waals surface area contributed by atoms with Crippen molar-refractivity contribution < 1.29 is 14.3 Å². The highest BCUT2D eigenvalue weighted by Crippen LogP contribution is 2.19. The van der Waals surface area contributed by atoms with E-state index in [0.29, 0.717) is 19.6 Å². The fraction of sp³-hybridized carbons (Fsp3) is 0.833. The molecule has 0 aromatic rings. The van der Waals surface area contributed by atoms with Crippen molar-refractivity contribution in [3.8, 4) is 0 Å². The average molecular weight is 257 g/mol. The van der Waals surface area contributed by atoms with Crippen LogP contribution >= 0.6 is 0 Å². The van der Waals surface area contributed by atoms with Crippen LogP contribution in [0, 0.1) is 5.41 Å². The highest BCUT2D eigenvalue weighted by Gasteiger charge is 2.31. The molecule has 18 heavy (non-hydrogen) atoms. The number of rotatable bonds is 4. The number of amides is 2. The molecule has 0 aromatic heterocycles. The number of carbonyl (C=O) groups excluding carboxylic acids is 2. The van der Waals surface area contributed by atoms with Crippen LogP contribution in [0.5, 0.6) is 0 Å². The quantitative estimate of drug-likeness (QED) is 0.626. The van der Waals surface area contributed by atoms with Crippen molar-refractivity contribution in [3.63, 3.8) is 0 Å². The van der Waals surface area contributed by atoms with Gasteiger partial charge < -0.3 is 21.1 Å². The summed E-state index contributed by atoms with van der Waals surface area (Å²) in [6, 6.07) is -0.651. The van der Waals surface area contributed by atoms with Gasteiger partial charge in [0, 0.05) is 19.0 Å². The zero-order chi connectivity index (χ0) is 13.8. The van der Waals surface area contributed by atoms with Crippen molar-refractivity contribution in [2.24, 2.45) is 11.1 Å². The molecule has 2 amide bonds. The first-order chi connectivity index (χ1) is 8.30. The molecule has 0 aliphatic carbocycles. The molecular weight excluding hydrogens is 234 g/mol. The van der Waals surface area contributed by atoms with Gasteiger partial charge >= 0.3 is 0 Å². The summed E-state index contributed by atoms with van der Waals surface area (Å²) in [5, 5.41) is 5.88. The third-order valence-electron chi connectivity index (χ3n) is 2.89. The third-order valence-corrected chi connectivity index (χ3v) is 2.89. The highest BCUT2D eigenvalue weighted by molar-refractivity contribution is 5.87. The van der Waals surface area contributed by atoms with Gasteiger partial charge in [-0.15, -0.1) is 0 Å². The lowest BCUT2D eigenvalue weighted by Crippen LogP contribution is -2.53. The molecule has 1 heterocycles. The van der Waals surface area contributed by atoms with Crippen LogP contribution in [0.4, 0.5) is 0 Å². The SMILES string of the molecule is CC(C)(C)[C@H](NC(=O)CC1COCCN1)C(N)=O. The lowest BCUT2D eigenvalue weighted by atomic mass is 9.86. The first-order valence-corrected chi connectivity index (χ1v) is 6.20. The number of ether oxygens (including phenoxy) is 1. The molecule has 2 atom stereocenters. The van der Waals surface area contributed by atoms with Gasteiger partial charge in [0.2, 0.25) is 11.8 Å². The van der Waals surface area contributed by atoms with Crippen molar-refractivity contribution >= 4 is 11.8 Å². The molecule has 1 aliphatic rings. The van der Waals surface area contributed by atoms with E-state index in [1.165, 1.54) is 0 Å². The number of nitrogens with two attached hydrogens (primary N) is 1. The molecule has 104 valence electrons. The minimum atomic E-state index is -0.658. The van der Waals surface area contributed by atoms with Crippen molar-refractivity contribution in [2.45, 2.75) is 39.3 Å². The largest absolute Gasteiger partial charge is 0.378 e. The monoisotopic (exact) mass is 257 g/mol. The van der Waals surface area contributed by atoms with Gasteiger partial charge in [0.05, 0.1) is 13.2 Å². The Kier molecular flexibility index (Phi) is 5.10. The standard InChI is InChI=1S/C12H23N3O3/c1-12(2,3)10(11(13)17)15-9(16)6-8-7-18-5-4-14-8/h8,10,14H,4-7H2,1-3H3,(H2,13,17)(H,15,16)/t8?,10-/m1/s1. The number of morpholine rings is 1. The number of primary amides is 1. The van der Waals surface area contributed by atoms with Crippen LogP contribution in [0.25, 0.3) is 0 Å². The first-order valence-electron chi connectivity index (χ1n) is 6.20. The Balaban J connectivity index is 2.48. The van der Waals surface area contributed by atoms with E-state index in [4.69, 9.17) is 10.5 Å². The zero-order valence-corrected chi connectivity index (χ0v) is 11.3. The van der Waals surface area contributed by atoms with Gasteiger partial charge in [0.25, 0.3) is 0 Å². The summed E-state index contributed by atoms with van der Waals surface area (Å²) < 4.78 is 5.27. The predicted molar refractivity (Wildman–Crippen MR) is 67.8 cm³/mol. The van der Waals surface area contributed by atoms with Crippen molar-refractivity contribution in [1.82, 2.24) is 10.6 Å². The van der Waals surface area contributed by atoms with E-state index in [0.717, 1.165) is 6.54 Å². The Morgan fingerprint density at radius 3 is 2.61 bits per heavy atom. The van der Waals surface area contributed by atoms with E-state index in [-0.39, 0.29) is 11.9 Å². The summed E-state index contributed by atoms with van der Waals surface area (Å²) in [5.74, 6) is -0.694. The van der Waals surface area contributed by atoms with Crippen LogP contribution in [-0.4, -0.2) is 43.7 Å². The topological polar surface area (TPSA) is 93.4 Å². The van der Waals surface area contributed by atoms with Gasteiger partial charge in [-0.1, -0.05) is 20.8 Å². The smallest absolute Gasteiger partial charge is 0.240 e. The van der Waals surface area contributed by atoms with Crippen LogP contribution in [0.15, 0.2) is 0 Å². The Labute approximate surface area is 108 Å². The maximum absolute atomic E-state index is 11.9. The first kappa shape index (κ1) is 14.9. The van der Waals surface area contributed by atoms with Crippen LogP contribution < -0.4 is 16.4 Å². The van der Waals surface area contributed by atoms with E-state index in [1.807, 2.05) is 20.8 Å². The van der Waals surface area contributed by atoms with Crippen LogP contribution in [-0.2, 0) is 14.3 Å². The maximum Gasteiger partial charge on any atom is 0.240 e. The molecule has 1 unspecified atom stereocenters. The molecule has 6 heteroatoms. The summed E-state index contributed by atoms with van der Waals surface area (Å²) >= 11 is 0. The second-order valence-electron chi connectivity index (χ2n) is 5.70. The summed E-state index contributed by atoms with van der Waals surface area (Å²) in [5.41, 5.74) is 4.92. The minimum absolute atomic E-state index is 0.00671. The summed E-state index contributed by atoms with van der Waals surface area (Å²) in [6.07, 6.45) is 0.292. The molecule has 0 spiro atoms. The molecule has 1 saturated heterocycles. The zero-order valence-electron chi connectivity index (χ0n) is 11.3. The number of carbonyl (C=O) groups is 2. The normalized spacial score (nSPS) is 22.3. The summed E-state index contributed by atoms with van der Waals surface area (Å²) in [7, 11) is 0. The maximum atomic E-state index is 11.9. The van der Waals surface area contributed by atoms with E-state index in [9.17, 15) is 9.59 Å². The van der Waals surface area contributed by atoms with Gasteiger partial charge in [-0.05, 0) is 5.41 Å². The van der Waals surface area contributed by atoms with Crippen LogP contribution in [0.1, 0.15) is 27.2 Å². The van der Waals surface area contributed by atoms with Gasteiger partial charge in [-0.25, -0.2) is 0 Å². The summed E-state index contributed by atoms with van der Waals surface area (Å²) in [4.78, 5) is 23.2. The Morgan fingerprint density at radius 2 is 2.17 bits per heavy atom. The molecule has 1 fully saturated rings. The number of hydrogen-bond acceptors (Lipinski definition) is 4. The summed E-state index contributed by atoms with van der Waals surface area (Å²) in [6.45, 7) is 7.53. The Bertz CT molecular complexity index is 306. The van der Waals surface area contributed by atoms with Gasteiger partial charge in [0.1, 0.15) is 6.04 Å². The molecule has 0 radical (unpaired) electrons. The van der Waals surface area contributed by atoms with Gasteiger partial charge in [-0.2, -0.15) is 0 Å². The lowest BCUT2D eigenvalue weighted by Gasteiger charge is -2.30. The van der Waals surface area contributed by atoms with E-state index in [1.54, 1.807) is 0 Å². The van der Waals surface area contributed by atoms with Gasteiger partial charge in [0.15, 0.2) is 0 Å². The molecular formula is C12H23N3O3. The fourth-order valence-electron chi connectivity index (χ4n) is 1.91. The second-order valence-corrected chi connectivity index (χ2v) is 5.70. The Hall–Kier alpha value is -1.14. The fourth-order valence-corrected chi connectivity index (χ4v) is 1.91. The van der Waals surface area contributed by atoms with Crippen LogP contribution in [0.3, 0.4) is 0 Å². The third kappa shape index (κ3) is 4.62. The molecule has 0 bridgehead atoms. The average Bonchev–Trinajstić information content (AvgIpc) is 2.25. The van der Waals surface area contributed by atoms with Gasteiger partial charge in [-0.3, -0.25) is 9.59 Å². The van der Waals surface area contributed by atoms with Crippen LogP contribution in [0.2, 0.25) is 0 Å². The molecule has 6 nitrogen and oxygen atoms in total. The Morgan fingerprint density at radius 1 is 1.50 bits per heavy atom. The lowest BCUT2D eigenvalue weighted by molar-refractivity contribution is -0.130. The molecule has 4 N–H and O–H groups in total. The van der Waals surface area contributed by atoms with E-state index >= 15 is 0 Å². The van der Waals surface area contributed by atoms with Crippen molar-refractivity contribution in [1.29, 1.82) is 0 Å². The molecule has 1 aliphatic heterocycles. The second kappa shape index (κ2) is 6.15. The van der Waals surface area contributed by atoms with Crippen molar-refractivity contribution in [2.75, 3.05) is 19.8 Å². The van der Waals surface area contributed by atoms with Crippen molar-refractivity contribution in [3.05, 3.63) is 0 Å². The number of hydrogen-bond donors (Lipinski definition) is 3. The number of nitrogens with one attached hydrogen (secondary N) is 2. The predicted octanol–water partition coefficient (Wildman–Crippen LogP) is -0.619. The van der Waals surface area contributed by atoms with E-state index in [2.05, 4.69) is 10.6 Å². The molecule has 0 aromatic carbocycles.